The third kappa shape index (κ3) is 2.45. The van der Waals surface area contributed by atoms with Gasteiger partial charge in [-0.1, -0.05) is 6.07 Å². The Bertz CT molecular complexity index is 526. The number of nitrogens with two attached hydrogens (primary N) is 1. The fraction of sp³-hybridized carbons (Fsp3) is 0.0833. The number of hydrogen-bond donors (Lipinski definition) is 1. The molecule has 5 heteroatoms. The number of benzene rings is 1. The number of pyridine rings is 1. The van der Waals surface area contributed by atoms with Crippen LogP contribution in [0.3, 0.4) is 0 Å². The molecule has 0 bridgehead atoms. The molecule has 2 aromatic rings. The van der Waals surface area contributed by atoms with Gasteiger partial charge >= 0.3 is 0 Å². The Morgan fingerprint density at radius 1 is 1.00 bits per heavy atom. The first-order valence-corrected chi connectivity index (χ1v) is 4.90. The van der Waals surface area contributed by atoms with E-state index in [1.54, 1.807) is 0 Å². The quantitative estimate of drug-likeness (QED) is 0.873. The highest BCUT2D eigenvalue weighted by Crippen LogP contribution is 2.21. The second kappa shape index (κ2) is 4.55. The molecule has 0 aliphatic rings. The number of nitrogens with zero attached hydrogens (tertiary/aromatic N) is 1. The highest BCUT2D eigenvalue weighted by atomic mass is 19.1. The van der Waals surface area contributed by atoms with Crippen molar-refractivity contribution < 1.29 is 13.2 Å². The molecule has 0 amide bonds. The van der Waals surface area contributed by atoms with E-state index in [2.05, 4.69) is 4.98 Å². The van der Waals surface area contributed by atoms with Gasteiger partial charge in [-0.3, -0.25) is 4.98 Å². The molecule has 0 aliphatic heterocycles. The van der Waals surface area contributed by atoms with Crippen molar-refractivity contribution in [2.24, 2.45) is 5.73 Å². The van der Waals surface area contributed by atoms with Crippen molar-refractivity contribution in [3.8, 4) is 0 Å². The largest absolute Gasteiger partial charge is 0.319 e. The Balaban J connectivity index is 2.36. The molecule has 0 aliphatic carbocycles. The van der Waals surface area contributed by atoms with E-state index in [0.29, 0.717) is 5.69 Å². The first kappa shape index (κ1) is 11.6. The van der Waals surface area contributed by atoms with E-state index in [1.165, 1.54) is 18.2 Å². The van der Waals surface area contributed by atoms with Crippen LogP contribution in [0.25, 0.3) is 0 Å². The Morgan fingerprint density at radius 2 is 1.71 bits per heavy atom. The van der Waals surface area contributed by atoms with Crippen molar-refractivity contribution in [1.82, 2.24) is 4.98 Å². The van der Waals surface area contributed by atoms with Gasteiger partial charge in [-0.05, 0) is 18.2 Å². The van der Waals surface area contributed by atoms with E-state index in [9.17, 15) is 13.2 Å². The minimum atomic E-state index is -0.851. The van der Waals surface area contributed by atoms with Gasteiger partial charge in [-0.2, -0.15) is 0 Å². The molecular weight excluding hydrogens is 229 g/mol. The zero-order valence-corrected chi connectivity index (χ0v) is 8.70. The first-order chi connectivity index (χ1) is 8.08. The zero-order chi connectivity index (χ0) is 12.4. The Hall–Kier alpha value is -1.88. The maximum atomic E-state index is 13.4. The van der Waals surface area contributed by atoms with Crippen LogP contribution in [-0.2, 0) is 0 Å². The van der Waals surface area contributed by atoms with Gasteiger partial charge in [-0.25, -0.2) is 13.2 Å². The Morgan fingerprint density at radius 3 is 2.29 bits per heavy atom. The summed E-state index contributed by atoms with van der Waals surface area (Å²) < 4.78 is 38.8. The first-order valence-electron chi connectivity index (χ1n) is 4.90. The Labute approximate surface area is 95.9 Å². The van der Waals surface area contributed by atoms with Gasteiger partial charge in [-0.15, -0.1) is 0 Å². The lowest BCUT2D eigenvalue weighted by Crippen LogP contribution is -2.15. The third-order valence-corrected chi connectivity index (χ3v) is 2.37. The molecule has 2 N–H and O–H groups in total. The SMILES string of the molecule is NC(c1ccc(F)cn1)c1ccc(F)cc1F. The highest BCUT2D eigenvalue weighted by Gasteiger charge is 2.15. The number of halogens is 3. The fourth-order valence-corrected chi connectivity index (χ4v) is 1.48. The zero-order valence-electron chi connectivity index (χ0n) is 8.70. The molecule has 17 heavy (non-hydrogen) atoms. The summed E-state index contributed by atoms with van der Waals surface area (Å²) in [4.78, 5) is 3.76. The van der Waals surface area contributed by atoms with Crippen LogP contribution >= 0.6 is 0 Å². The van der Waals surface area contributed by atoms with Crippen molar-refractivity contribution in [1.29, 1.82) is 0 Å². The van der Waals surface area contributed by atoms with Crippen LogP contribution in [0.1, 0.15) is 17.3 Å². The summed E-state index contributed by atoms with van der Waals surface area (Å²) in [6, 6.07) is 4.81. The summed E-state index contributed by atoms with van der Waals surface area (Å²) in [6.07, 6.45) is 0.997. The topological polar surface area (TPSA) is 38.9 Å². The van der Waals surface area contributed by atoms with E-state index in [1.807, 2.05) is 0 Å². The van der Waals surface area contributed by atoms with E-state index < -0.39 is 23.5 Å². The van der Waals surface area contributed by atoms with Crippen molar-refractivity contribution in [3.05, 3.63) is 65.2 Å². The Kier molecular flexibility index (Phi) is 3.10. The lowest BCUT2D eigenvalue weighted by atomic mass is 10.0. The van der Waals surface area contributed by atoms with Gasteiger partial charge < -0.3 is 5.73 Å². The minimum absolute atomic E-state index is 0.116. The van der Waals surface area contributed by atoms with E-state index in [0.717, 1.165) is 18.3 Å². The average Bonchev–Trinajstić information content (AvgIpc) is 2.29. The molecule has 1 aromatic heterocycles. The summed E-state index contributed by atoms with van der Waals surface area (Å²) >= 11 is 0. The van der Waals surface area contributed by atoms with Crippen LogP contribution in [0.4, 0.5) is 13.2 Å². The van der Waals surface area contributed by atoms with Crippen LogP contribution in [0.15, 0.2) is 36.5 Å². The van der Waals surface area contributed by atoms with Crippen molar-refractivity contribution >= 4 is 0 Å². The lowest BCUT2D eigenvalue weighted by Gasteiger charge is -2.12. The van der Waals surface area contributed by atoms with Gasteiger partial charge in [0.15, 0.2) is 0 Å². The smallest absolute Gasteiger partial charge is 0.141 e. The van der Waals surface area contributed by atoms with Gasteiger partial charge in [0.2, 0.25) is 0 Å². The predicted octanol–water partition coefficient (Wildman–Crippen LogP) is 2.55. The summed E-state index contributed by atoms with van der Waals surface area (Å²) in [5.41, 5.74) is 6.20. The van der Waals surface area contributed by atoms with Gasteiger partial charge in [0, 0.05) is 11.6 Å². The van der Waals surface area contributed by atoms with Crippen molar-refractivity contribution in [3.63, 3.8) is 0 Å². The van der Waals surface area contributed by atoms with Crippen LogP contribution in [-0.4, -0.2) is 4.98 Å². The molecule has 0 fully saturated rings. The van der Waals surface area contributed by atoms with E-state index >= 15 is 0 Å². The summed E-state index contributed by atoms with van der Waals surface area (Å²) in [7, 11) is 0. The highest BCUT2D eigenvalue weighted by molar-refractivity contribution is 5.28. The molecule has 1 unspecified atom stereocenters. The second-order valence-corrected chi connectivity index (χ2v) is 3.54. The molecule has 88 valence electrons. The molecule has 2 nitrogen and oxygen atoms in total. The van der Waals surface area contributed by atoms with Crippen LogP contribution in [0.5, 0.6) is 0 Å². The van der Waals surface area contributed by atoms with Crippen LogP contribution in [0, 0.1) is 17.5 Å². The molecule has 1 heterocycles. The van der Waals surface area contributed by atoms with Crippen LogP contribution in [0.2, 0.25) is 0 Å². The standard InChI is InChI=1S/C12H9F3N2/c13-7-1-3-9(10(15)5-7)12(16)11-4-2-8(14)6-17-11/h1-6,12H,16H2. The van der Waals surface area contributed by atoms with Crippen molar-refractivity contribution in [2.75, 3.05) is 0 Å². The number of rotatable bonds is 2. The maximum Gasteiger partial charge on any atom is 0.141 e. The monoisotopic (exact) mass is 238 g/mol. The third-order valence-electron chi connectivity index (χ3n) is 2.37. The summed E-state index contributed by atoms with van der Waals surface area (Å²) in [6.45, 7) is 0. The lowest BCUT2D eigenvalue weighted by molar-refractivity contribution is 0.563. The van der Waals surface area contributed by atoms with Gasteiger partial charge in [0.05, 0.1) is 17.9 Å². The number of hydrogen-bond acceptors (Lipinski definition) is 2. The summed E-state index contributed by atoms with van der Waals surface area (Å²) in [5, 5.41) is 0. The molecule has 1 aromatic carbocycles. The van der Waals surface area contributed by atoms with E-state index in [-0.39, 0.29) is 5.56 Å². The average molecular weight is 238 g/mol. The molecule has 0 radical (unpaired) electrons. The van der Waals surface area contributed by atoms with E-state index in [4.69, 9.17) is 5.73 Å². The summed E-state index contributed by atoms with van der Waals surface area (Å²) in [5.74, 6) is -1.92. The van der Waals surface area contributed by atoms with Gasteiger partial charge in [0.1, 0.15) is 17.5 Å². The minimum Gasteiger partial charge on any atom is -0.319 e. The molecular formula is C12H9F3N2. The molecule has 0 saturated heterocycles. The van der Waals surface area contributed by atoms with Crippen molar-refractivity contribution in [2.45, 2.75) is 6.04 Å². The molecule has 0 saturated carbocycles. The second-order valence-electron chi connectivity index (χ2n) is 3.54. The fourth-order valence-electron chi connectivity index (χ4n) is 1.48. The number of aromatic nitrogens is 1. The normalized spacial score (nSPS) is 12.5. The van der Waals surface area contributed by atoms with Crippen LogP contribution < -0.4 is 5.73 Å². The predicted molar refractivity (Wildman–Crippen MR) is 56.6 cm³/mol. The molecule has 0 spiro atoms. The molecule has 2 rings (SSSR count). The van der Waals surface area contributed by atoms with Gasteiger partial charge in [0.25, 0.3) is 0 Å². The maximum absolute atomic E-state index is 13.4. The molecule has 1 atom stereocenters.